The van der Waals surface area contributed by atoms with Crippen LogP contribution in [0.4, 0.5) is 0 Å². The number of nitriles is 1. The maximum absolute atomic E-state index is 8.76. The minimum absolute atomic E-state index is 0.735. The molecule has 1 unspecified atom stereocenters. The summed E-state index contributed by atoms with van der Waals surface area (Å²) in [7, 11) is 4.37. The number of nitrogens with zero attached hydrogens (tertiary/aromatic N) is 3. The summed E-state index contributed by atoms with van der Waals surface area (Å²) >= 11 is 0. The molecule has 1 aromatic carbocycles. The van der Waals surface area contributed by atoms with Gasteiger partial charge in [-0.1, -0.05) is 12.1 Å². The summed E-state index contributed by atoms with van der Waals surface area (Å²) in [5.74, 6) is 0.804. The largest absolute Gasteiger partial charge is 0.306 e. The van der Waals surface area contributed by atoms with Gasteiger partial charge in [0, 0.05) is 19.6 Å². The van der Waals surface area contributed by atoms with E-state index in [1.807, 2.05) is 12.1 Å². The molecule has 1 saturated heterocycles. The molecule has 1 atom stereocenters. The average Bonchev–Trinajstić information content (AvgIpc) is 2.75. The molecule has 0 spiro atoms. The van der Waals surface area contributed by atoms with Crippen molar-refractivity contribution < 1.29 is 0 Å². The quantitative estimate of drug-likeness (QED) is 0.809. The van der Waals surface area contributed by atoms with Crippen LogP contribution in [0.2, 0.25) is 0 Å². The zero-order valence-corrected chi connectivity index (χ0v) is 11.3. The Morgan fingerprint density at radius 2 is 2.11 bits per heavy atom. The fourth-order valence-corrected chi connectivity index (χ4v) is 2.68. The molecule has 0 aliphatic carbocycles. The van der Waals surface area contributed by atoms with Gasteiger partial charge < -0.3 is 9.80 Å². The van der Waals surface area contributed by atoms with Gasteiger partial charge in [-0.05, 0) is 50.7 Å². The zero-order valence-electron chi connectivity index (χ0n) is 11.3. The lowest BCUT2D eigenvalue weighted by molar-refractivity contribution is 0.267. The zero-order chi connectivity index (χ0) is 13.0. The highest BCUT2D eigenvalue weighted by Gasteiger charge is 2.20. The van der Waals surface area contributed by atoms with E-state index in [1.54, 1.807) is 0 Å². The van der Waals surface area contributed by atoms with Crippen molar-refractivity contribution >= 4 is 0 Å². The maximum atomic E-state index is 8.76. The SMILES string of the molecule is CN1CCC(CN(C)Cc2ccc(C#N)cc2)C1. The van der Waals surface area contributed by atoms with E-state index in [0.717, 1.165) is 24.6 Å². The summed E-state index contributed by atoms with van der Waals surface area (Å²) in [5.41, 5.74) is 2.02. The van der Waals surface area contributed by atoms with Gasteiger partial charge in [0.2, 0.25) is 0 Å². The van der Waals surface area contributed by atoms with Gasteiger partial charge in [-0.25, -0.2) is 0 Å². The summed E-state index contributed by atoms with van der Waals surface area (Å²) in [4.78, 5) is 4.78. The smallest absolute Gasteiger partial charge is 0.0991 e. The normalized spacial score (nSPS) is 20.2. The second-order valence-corrected chi connectivity index (χ2v) is 5.42. The molecule has 1 fully saturated rings. The van der Waals surface area contributed by atoms with E-state index >= 15 is 0 Å². The van der Waals surface area contributed by atoms with Crippen LogP contribution in [0.25, 0.3) is 0 Å². The highest BCUT2D eigenvalue weighted by molar-refractivity contribution is 5.31. The molecule has 0 amide bonds. The summed E-state index contributed by atoms with van der Waals surface area (Å²) in [6.45, 7) is 4.57. The molecule has 18 heavy (non-hydrogen) atoms. The van der Waals surface area contributed by atoms with Crippen LogP contribution in [-0.2, 0) is 6.54 Å². The monoisotopic (exact) mass is 243 g/mol. The van der Waals surface area contributed by atoms with Crippen LogP contribution < -0.4 is 0 Å². The number of rotatable bonds is 4. The Hall–Kier alpha value is -1.37. The summed E-state index contributed by atoms with van der Waals surface area (Å²) in [6, 6.07) is 10.0. The minimum Gasteiger partial charge on any atom is -0.306 e. The van der Waals surface area contributed by atoms with Crippen molar-refractivity contribution in [2.75, 3.05) is 33.7 Å². The fraction of sp³-hybridized carbons (Fsp3) is 0.533. The molecule has 2 rings (SSSR count). The van der Waals surface area contributed by atoms with Crippen molar-refractivity contribution in [1.29, 1.82) is 5.26 Å². The van der Waals surface area contributed by atoms with Crippen molar-refractivity contribution in [3.63, 3.8) is 0 Å². The van der Waals surface area contributed by atoms with Crippen molar-refractivity contribution in [2.45, 2.75) is 13.0 Å². The first-order valence-electron chi connectivity index (χ1n) is 6.53. The molecule has 1 aliphatic rings. The number of hydrogen-bond donors (Lipinski definition) is 0. The van der Waals surface area contributed by atoms with Gasteiger partial charge in [-0.2, -0.15) is 5.26 Å². The van der Waals surface area contributed by atoms with Crippen LogP contribution >= 0.6 is 0 Å². The van der Waals surface area contributed by atoms with Crippen molar-refractivity contribution in [3.05, 3.63) is 35.4 Å². The lowest BCUT2D eigenvalue weighted by atomic mass is 10.1. The molecule has 0 radical (unpaired) electrons. The summed E-state index contributed by atoms with van der Waals surface area (Å²) in [5, 5.41) is 8.76. The molecule has 0 N–H and O–H groups in total. The Balaban J connectivity index is 1.83. The van der Waals surface area contributed by atoms with Crippen LogP contribution in [-0.4, -0.2) is 43.5 Å². The Bertz CT molecular complexity index is 418. The minimum atomic E-state index is 0.735. The number of likely N-dealkylation sites (tertiary alicyclic amines) is 1. The van der Waals surface area contributed by atoms with E-state index in [9.17, 15) is 0 Å². The van der Waals surface area contributed by atoms with Crippen LogP contribution in [0.3, 0.4) is 0 Å². The van der Waals surface area contributed by atoms with E-state index in [0.29, 0.717) is 0 Å². The first-order valence-corrected chi connectivity index (χ1v) is 6.53. The van der Waals surface area contributed by atoms with Crippen molar-refractivity contribution in [1.82, 2.24) is 9.80 Å². The highest BCUT2D eigenvalue weighted by Crippen LogP contribution is 2.16. The second-order valence-electron chi connectivity index (χ2n) is 5.42. The third kappa shape index (κ3) is 3.56. The molecule has 3 heteroatoms. The van der Waals surface area contributed by atoms with Crippen molar-refractivity contribution in [3.8, 4) is 6.07 Å². The number of hydrogen-bond acceptors (Lipinski definition) is 3. The van der Waals surface area contributed by atoms with Gasteiger partial charge in [0.05, 0.1) is 11.6 Å². The highest BCUT2D eigenvalue weighted by atomic mass is 15.1. The molecule has 3 nitrogen and oxygen atoms in total. The van der Waals surface area contributed by atoms with Crippen molar-refractivity contribution in [2.24, 2.45) is 5.92 Å². The van der Waals surface area contributed by atoms with Crippen LogP contribution in [0.15, 0.2) is 24.3 Å². The molecule has 0 aromatic heterocycles. The van der Waals surface area contributed by atoms with E-state index in [-0.39, 0.29) is 0 Å². The van der Waals surface area contributed by atoms with Crippen LogP contribution in [0, 0.1) is 17.2 Å². The Morgan fingerprint density at radius 1 is 1.39 bits per heavy atom. The summed E-state index contributed by atoms with van der Waals surface area (Å²) in [6.07, 6.45) is 1.31. The predicted octanol–water partition coefficient (Wildman–Crippen LogP) is 1.94. The molecule has 1 aliphatic heterocycles. The van der Waals surface area contributed by atoms with Crippen LogP contribution in [0.1, 0.15) is 17.5 Å². The molecule has 0 saturated carbocycles. The molecule has 1 aromatic rings. The van der Waals surface area contributed by atoms with Gasteiger partial charge in [-0.3, -0.25) is 0 Å². The molecule has 1 heterocycles. The molecule has 0 bridgehead atoms. The third-order valence-electron chi connectivity index (χ3n) is 3.59. The lowest BCUT2D eigenvalue weighted by Gasteiger charge is -2.21. The second kappa shape index (κ2) is 5.99. The topological polar surface area (TPSA) is 30.3 Å². The van der Waals surface area contributed by atoms with Gasteiger partial charge in [0.15, 0.2) is 0 Å². The number of benzene rings is 1. The van der Waals surface area contributed by atoms with Gasteiger partial charge >= 0.3 is 0 Å². The average molecular weight is 243 g/mol. The van der Waals surface area contributed by atoms with Crippen LogP contribution in [0.5, 0.6) is 0 Å². The Kier molecular flexibility index (Phi) is 4.35. The van der Waals surface area contributed by atoms with Gasteiger partial charge in [0.1, 0.15) is 0 Å². The first-order chi connectivity index (χ1) is 8.67. The summed E-state index contributed by atoms with van der Waals surface area (Å²) < 4.78 is 0. The fourth-order valence-electron chi connectivity index (χ4n) is 2.68. The maximum Gasteiger partial charge on any atom is 0.0991 e. The van der Waals surface area contributed by atoms with E-state index < -0.39 is 0 Å². The Morgan fingerprint density at radius 3 is 2.67 bits per heavy atom. The first kappa shape index (κ1) is 13.1. The molecular weight excluding hydrogens is 222 g/mol. The van der Waals surface area contributed by atoms with E-state index in [4.69, 9.17) is 5.26 Å². The molecular formula is C15H21N3. The molecule has 96 valence electrons. The van der Waals surface area contributed by atoms with E-state index in [2.05, 4.69) is 42.1 Å². The van der Waals surface area contributed by atoms with Gasteiger partial charge in [-0.15, -0.1) is 0 Å². The predicted molar refractivity (Wildman–Crippen MR) is 73.1 cm³/mol. The standard InChI is InChI=1S/C15H21N3/c1-17-8-7-15(11-17)12-18(2)10-14-5-3-13(9-16)4-6-14/h3-6,15H,7-8,10-12H2,1-2H3. The Labute approximate surface area is 110 Å². The van der Waals surface area contributed by atoms with E-state index in [1.165, 1.54) is 25.1 Å². The lowest BCUT2D eigenvalue weighted by Crippen LogP contribution is -2.27. The third-order valence-corrected chi connectivity index (χ3v) is 3.59. The van der Waals surface area contributed by atoms with Gasteiger partial charge in [0.25, 0.3) is 0 Å².